The molecule has 3 rings (SSSR count). The molecule has 3 aromatic rings. The van der Waals surface area contributed by atoms with Crippen LogP contribution in [0.3, 0.4) is 0 Å². The fraction of sp³-hybridized carbons (Fsp3) is 0.158. The number of amides is 1. The Morgan fingerprint density at radius 3 is 2.52 bits per heavy atom. The fourth-order valence-electron chi connectivity index (χ4n) is 2.77. The highest BCUT2D eigenvalue weighted by atomic mass is 16.5. The van der Waals surface area contributed by atoms with Crippen molar-refractivity contribution in [3.8, 4) is 5.75 Å². The summed E-state index contributed by atoms with van der Waals surface area (Å²) in [5.74, 6) is -0.0203. The Labute approximate surface area is 145 Å². The lowest BCUT2D eigenvalue weighted by molar-refractivity contribution is 0.0600. The number of esters is 1. The number of carbonyl (C=O) groups excluding carboxylic acids is 2. The van der Waals surface area contributed by atoms with Gasteiger partial charge in [0.1, 0.15) is 11.4 Å². The van der Waals surface area contributed by atoms with Crippen LogP contribution in [-0.4, -0.2) is 30.7 Å². The Morgan fingerprint density at radius 1 is 1.04 bits per heavy atom. The average Bonchev–Trinajstić information content (AvgIpc) is 2.98. The zero-order valence-electron chi connectivity index (χ0n) is 14.2. The van der Waals surface area contributed by atoms with Gasteiger partial charge in [0.15, 0.2) is 0 Å². The number of aryl methyl sites for hydroxylation is 1. The lowest BCUT2D eigenvalue weighted by Crippen LogP contribution is -2.15. The van der Waals surface area contributed by atoms with E-state index in [0.717, 1.165) is 10.9 Å². The number of hydrogen-bond donors (Lipinski definition) is 1. The van der Waals surface area contributed by atoms with Gasteiger partial charge in [-0.1, -0.05) is 12.1 Å². The number of aromatic nitrogens is 1. The lowest BCUT2D eigenvalue weighted by Gasteiger charge is -2.08. The summed E-state index contributed by atoms with van der Waals surface area (Å²) in [6.45, 7) is 0. The van der Waals surface area contributed by atoms with E-state index in [1.807, 2.05) is 25.2 Å². The van der Waals surface area contributed by atoms with Crippen LogP contribution in [0.25, 0.3) is 10.9 Å². The summed E-state index contributed by atoms with van der Waals surface area (Å²) in [6, 6.07) is 14.0. The van der Waals surface area contributed by atoms with Crippen molar-refractivity contribution < 1.29 is 19.1 Å². The summed E-state index contributed by atoms with van der Waals surface area (Å²) in [4.78, 5) is 24.3. The molecule has 1 aromatic heterocycles. The van der Waals surface area contributed by atoms with Crippen molar-refractivity contribution in [3.05, 3.63) is 59.8 Å². The van der Waals surface area contributed by atoms with Crippen LogP contribution >= 0.6 is 0 Å². The van der Waals surface area contributed by atoms with Gasteiger partial charge < -0.3 is 19.4 Å². The first-order valence-corrected chi connectivity index (χ1v) is 7.67. The first kappa shape index (κ1) is 16.6. The molecule has 1 heterocycles. The van der Waals surface area contributed by atoms with Gasteiger partial charge in [0.2, 0.25) is 0 Å². The van der Waals surface area contributed by atoms with Gasteiger partial charge in [0.25, 0.3) is 5.91 Å². The van der Waals surface area contributed by atoms with Gasteiger partial charge in [-0.25, -0.2) is 4.79 Å². The predicted octanol–water partition coefficient (Wildman–Crippen LogP) is 3.23. The largest absolute Gasteiger partial charge is 0.496 e. The Hall–Kier alpha value is -3.28. The maximum Gasteiger partial charge on any atom is 0.337 e. The molecule has 0 aliphatic heterocycles. The Kier molecular flexibility index (Phi) is 4.43. The molecule has 0 radical (unpaired) electrons. The Morgan fingerprint density at radius 2 is 1.80 bits per heavy atom. The van der Waals surface area contributed by atoms with Crippen LogP contribution in [0.2, 0.25) is 0 Å². The molecule has 0 saturated carbocycles. The number of fused-ring (bicyclic) bond motifs is 1. The summed E-state index contributed by atoms with van der Waals surface area (Å²) < 4.78 is 11.9. The Balaban J connectivity index is 1.93. The van der Waals surface area contributed by atoms with E-state index in [-0.39, 0.29) is 5.91 Å². The van der Waals surface area contributed by atoms with Gasteiger partial charge in [0, 0.05) is 18.1 Å². The van der Waals surface area contributed by atoms with E-state index >= 15 is 0 Å². The molecule has 2 aromatic carbocycles. The number of carbonyl (C=O) groups is 2. The van der Waals surface area contributed by atoms with Gasteiger partial charge in [0.05, 0.1) is 25.3 Å². The van der Waals surface area contributed by atoms with Crippen LogP contribution in [0, 0.1) is 0 Å². The molecule has 0 atom stereocenters. The molecule has 6 heteroatoms. The molecule has 0 unspecified atom stereocenters. The average molecular weight is 338 g/mol. The van der Waals surface area contributed by atoms with E-state index < -0.39 is 5.97 Å². The number of benzene rings is 2. The molecular weight excluding hydrogens is 320 g/mol. The zero-order chi connectivity index (χ0) is 18.0. The van der Waals surface area contributed by atoms with E-state index in [1.165, 1.54) is 7.11 Å². The monoisotopic (exact) mass is 338 g/mol. The number of nitrogens with one attached hydrogen (secondary N) is 1. The maximum absolute atomic E-state index is 12.7. The number of hydrogen-bond acceptors (Lipinski definition) is 4. The van der Waals surface area contributed by atoms with Crippen LogP contribution in [0.4, 0.5) is 5.69 Å². The normalized spacial score (nSPS) is 10.5. The minimum Gasteiger partial charge on any atom is -0.496 e. The van der Waals surface area contributed by atoms with Gasteiger partial charge in [-0.05, 0) is 36.4 Å². The molecule has 0 fully saturated rings. The topological polar surface area (TPSA) is 69.6 Å². The van der Waals surface area contributed by atoms with Gasteiger partial charge >= 0.3 is 5.97 Å². The number of nitrogens with zero attached hydrogens (tertiary/aromatic N) is 1. The van der Waals surface area contributed by atoms with Crippen LogP contribution in [0.1, 0.15) is 20.8 Å². The summed E-state index contributed by atoms with van der Waals surface area (Å²) in [5.41, 5.74) is 2.28. The second-order valence-electron chi connectivity index (χ2n) is 5.51. The second kappa shape index (κ2) is 6.68. The minimum atomic E-state index is -0.453. The third-order valence-corrected chi connectivity index (χ3v) is 4.04. The van der Waals surface area contributed by atoms with Crippen molar-refractivity contribution in [2.24, 2.45) is 7.05 Å². The van der Waals surface area contributed by atoms with Crippen molar-refractivity contribution >= 4 is 28.5 Å². The fourth-order valence-corrected chi connectivity index (χ4v) is 2.77. The lowest BCUT2D eigenvalue weighted by atomic mass is 10.2. The molecule has 0 aliphatic rings. The molecule has 25 heavy (non-hydrogen) atoms. The van der Waals surface area contributed by atoms with E-state index in [0.29, 0.717) is 22.7 Å². The number of anilines is 1. The quantitative estimate of drug-likeness (QED) is 0.742. The third kappa shape index (κ3) is 3.06. The van der Waals surface area contributed by atoms with Crippen LogP contribution in [0.15, 0.2) is 48.5 Å². The van der Waals surface area contributed by atoms with E-state index in [4.69, 9.17) is 9.47 Å². The van der Waals surface area contributed by atoms with Crippen LogP contribution < -0.4 is 10.1 Å². The smallest absolute Gasteiger partial charge is 0.337 e. The molecule has 0 saturated heterocycles. The summed E-state index contributed by atoms with van der Waals surface area (Å²) >= 11 is 0. The first-order valence-electron chi connectivity index (χ1n) is 7.67. The van der Waals surface area contributed by atoms with Crippen molar-refractivity contribution in [2.45, 2.75) is 0 Å². The zero-order valence-corrected chi connectivity index (χ0v) is 14.2. The highest BCUT2D eigenvalue weighted by Gasteiger charge is 2.16. The standard InChI is InChI=1S/C19H18N2O4/c1-21-15-8-5-9-17(24-2)14(15)11-16(21)18(22)20-13-7-4-6-12(10-13)19(23)25-3/h4-11H,1-3H3,(H,20,22). The van der Waals surface area contributed by atoms with Crippen LogP contribution in [0.5, 0.6) is 5.75 Å². The number of ether oxygens (including phenoxy) is 2. The SMILES string of the molecule is COC(=O)c1cccc(NC(=O)c2cc3c(OC)cccc3n2C)c1. The summed E-state index contributed by atoms with van der Waals surface area (Å²) in [7, 11) is 4.73. The molecule has 6 nitrogen and oxygen atoms in total. The predicted molar refractivity (Wildman–Crippen MR) is 95.2 cm³/mol. The maximum atomic E-state index is 12.7. The van der Waals surface area contributed by atoms with Gasteiger partial charge in [-0.3, -0.25) is 4.79 Å². The number of rotatable bonds is 4. The van der Waals surface area contributed by atoms with Gasteiger partial charge in [-0.2, -0.15) is 0 Å². The molecule has 0 spiro atoms. The van der Waals surface area contributed by atoms with Crippen molar-refractivity contribution in [2.75, 3.05) is 19.5 Å². The van der Waals surface area contributed by atoms with Crippen molar-refractivity contribution in [1.29, 1.82) is 0 Å². The Bertz CT molecular complexity index is 959. The highest BCUT2D eigenvalue weighted by Crippen LogP contribution is 2.28. The third-order valence-electron chi connectivity index (χ3n) is 4.04. The highest BCUT2D eigenvalue weighted by molar-refractivity contribution is 6.07. The first-order chi connectivity index (χ1) is 12.0. The molecule has 128 valence electrons. The molecule has 1 N–H and O–H groups in total. The van der Waals surface area contributed by atoms with E-state index in [9.17, 15) is 9.59 Å². The van der Waals surface area contributed by atoms with E-state index in [1.54, 1.807) is 42.0 Å². The van der Waals surface area contributed by atoms with E-state index in [2.05, 4.69) is 5.32 Å². The summed E-state index contributed by atoms with van der Waals surface area (Å²) in [6.07, 6.45) is 0. The number of methoxy groups -OCH3 is 2. The summed E-state index contributed by atoms with van der Waals surface area (Å²) in [5, 5.41) is 3.67. The van der Waals surface area contributed by atoms with Crippen molar-refractivity contribution in [1.82, 2.24) is 4.57 Å². The molecular formula is C19H18N2O4. The van der Waals surface area contributed by atoms with Crippen molar-refractivity contribution in [3.63, 3.8) is 0 Å². The minimum absolute atomic E-state index is 0.275. The van der Waals surface area contributed by atoms with Crippen LogP contribution in [-0.2, 0) is 11.8 Å². The van der Waals surface area contributed by atoms with Gasteiger partial charge in [-0.15, -0.1) is 0 Å². The molecule has 0 aliphatic carbocycles. The molecule has 1 amide bonds. The second-order valence-corrected chi connectivity index (χ2v) is 5.51. The molecule has 0 bridgehead atoms.